The summed E-state index contributed by atoms with van der Waals surface area (Å²) < 4.78 is 0. The highest BCUT2D eigenvalue weighted by Crippen LogP contribution is 2.29. The number of rotatable bonds is 5. The van der Waals surface area contributed by atoms with Gasteiger partial charge in [0.15, 0.2) is 0 Å². The first-order chi connectivity index (χ1) is 11.3. The van der Waals surface area contributed by atoms with Crippen molar-refractivity contribution in [3.63, 3.8) is 0 Å². The summed E-state index contributed by atoms with van der Waals surface area (Å²) in [4.78, 5) is 0. The maximum Gasteiger partial charge on any atom is 0.107 e. The zero-order valence-corrected chi connectivity index (χ0v) is 13.4. The molecule has 1 aliphatic carbocycles. The third kappa shape index (κ3) is 3.99. The minimum Gasteiger partial charge on any atom is -0.388 e. The first-order valence-corrected chi connectivity index (χ1v) is 8.47. The lowest BCUT2D eigenvalue weighted by Crippen LogP contribution is -2.42. The molecule has 122 valence electrons. The first-order valence-electron chi connectivity index (χ1n) is 8.47. The molecule has 0 radical (unpaired) electrons. The van der Waals surface area contributed by atoms with Crippen LogP contribution in [0.3, 0.4) is 0 Å². The van der Waals surface area contributed by atoms with E-state index in [2.05, 4.69) is 29.6 Å². The number of hydrogen-bond donors (Lipinski definition) is 3. The van der Waals surface area contributed by atoms with Crippen molar-refractivity contribution in [2.24, 2.45) is 0 Å². The molecule has 0 saturated carbocycles. The van der Waals surface area contributed by atoms with E-state index in [1.807, 2.05) is 30.3 Å². The molecular formula is C20H25NO2. The van der Waals surface area contributed by atoms with Crippen molar-refractivity contribution >= 4 is 0 Å². The number of aryl methyl sites for hydroxylation is 2. The van der Waals surface area contributed by atoms with E-state index >= 15 is 0 Å². The predicted molar refractivity (Wildman–Crippen MR) is 92.3 cm³/mol. The van der Waals surface area contributed by atoms with Gasteiger partial charge in [0.1, 0.15) is 6.10 Å². The van der Waals surface area contributed by atoms with Gasteiger partial charge in [0.05, 0.1) is 6.10 Å². The molecule has 0 amide bonds. The van der Waals surface area contributed by atoms with Gasteiger partial charge in [-0.3, -0.25) is 0 Å². The van der Waals surface area contributed by atoms with Crippen LogP contribution in [0.15, 0.2) is 54.6 Å². The van der Waals surface area contributed by atoms with Gasteiger partial charge in [0.25, 0.3) is 0 Å². The smallest absolute Gasteiger partial charge is 0.107 e. The average molecular weight is 311 g/mol. The minimum absolute atomic E-state index is 0.0619. The third-order valence-corrected chi connectivity index (χ3v) is 4.73. The Morgan fingerprint density at radius 2 is 1.70 bits per heavy atom. The molecule has 1 aliphatic rings. The van der Waals surface area contributed by atoms with Crippen LogP contribution in [0.5, 0.6) is 0 Å². The molecule has 3 rings (SSSR count). The lowest BCUT2D eigenvalue weighted by atomic mass is 9.99. The molecule has 0 aliphatic heterocycles. The Balaban J connectivity index is 1.53. The molecule has 0 heterocycles. The van der Waals surface area contributed by atoms with Gasteiger partial charge >= 0.3 is 0 Å². The van der Waals surface area contributed by atoms with E-state index in [-0.39, 0.29) is 6.04 Å². The van der Waals surface area contributed by atoms with Gasteiger partial charge in [-0.15, -0.1) is 0 Å². The van der Waals surface area contributed by atoms with Gasteiger partial charge in [0.2, 0.25) is 0 Å². The van der Waals surface area contributed by atoms with E-state index in [0.717, 1.165) is 43.4 Å². The van der Waals surface area contributed by atoms with Crippen LogP contribution in [-0.2, 0) is 12.8 Å². The predicted octanol–water partition coefficient (Wildman–Crippen LogP) is 2.62. The highest BCUT2D eigenvalue weighted by molar-refractivity contribution is 5.31. The van der Waals surface area contributed by atoms with Gasteiger partial charge < -0.3 is 15.5 Å². The van der Waals surface area contributed by atoms with Crippen molar-refractivity contribution in [3.05, 3.63) is 71.3 Å². The highest BCUT2D eigenvalue weighted by atomic mass is 16.3. The monoisotopic (exact) mass is 311 g/mol. The number of aliphatic hydroxyl groups is 2. The van der Waals surface area contributed by atoms with Crippen molar-refractivity contribution in [2.75, 3.05) is 6.54 Å². The topological polar surface area (TPSA) is 52.5 Å². The Kier molecular flexibility index (Phi) is 5.44. The van der Waals surface area contributed by atoms with E-state index in [1.54, 1.807) is 0 Å². The van der Waals surface area contributed by atoms with Crippen LogP contribution in [0.2, 0.25) is 0 Å². The molecule has 3 atom stereocenters. The van der Waals surface area contributed by atoms with E-state index in [0.29, 0.717) is 0 Å². The average Bonchev–Trinajstić information content (AvgIpc) is 2.72. The van der Waals surface area contributed by atoms with Gasteiger partial charge in [0, 0.05) is 6.04 Å². The molecule has 3 unspecified atom stereocenters. The molecule has 2 aromatic rings. The lowest BCUT2D eigenvalue weighted by molar-refractivity contribution is -0.00375. The largest absolute Gasteiger partial charge is 0.388 e. The van der Waals surface area contributed by atoms with Crippen molar-refractivity contribution in [1.29, 1.82) is 0 Å². The summed E-state index contributed by atoms with van der Waals surface area (Å²) in [5.74, 6) is 0. The summed E-state index contributed by atoms with van der Waals surface area (Å²) in [6.07, 6.45) is 2.23. The lowest BCUT2D eigenvalue weighted by Gasteiger charge is -2.25. The fraction of sp³-hybridized carbons (Fsp3) is 0.400. The molecule has 0 bridgehead atoms. The summed E-state index contributed by atoms with van der Waals surface area (Å²) in [6, 6.07) is 18.2. The molecular weight excluding hydrogens is 286 g/mol. The number of nitrogens with one attached hydrogen (secondary N) is 1. The quantitative estimate of drug-likeness (QED) is 0.588. The van der Waals surface area contributed by atoms with Crippen molar-refractivity contribution in [1.82, 2.24) is 5.32 Å². The molecule has 0 fully saturated rings. The van der Waals surface area contributed by atoms with Crippen LogP contribution in [0.4, 0.5) is 0 Å². The fourth-order valence-electron chi connectivity index (χ4n) is 3.38. The van der Waals surface area contributed by atoms with E-state index in [1.165, 1.54) is 5.56 Å². The third-order valence-electron chi connectivity index (χ3n) is 4.73. The first kappa shape index (κ1) is 16.2. The standard InChI is InChI=1S/C20H25NO2/c22-19-17-11-5-4-10-16(17)12-13-18(20(19)23)21-14-6-9-15-7-2-1-3-8-15/h1-5,7-8,10-11,18-23H,6,9,12-14H2. The number of aliphatic hydroxyl groups excluding tert-OH is 2. The van der Waals surface area contributed by atoms with Crippen molar-refractivity contribution in [2.45, 2.75) is 43.9 Å². The maximum absolute atomic E-state index is 10.5. The maximum atomic E-state index is 10.5. The summed E-state index contributed by atoms with van der Waals surface area (Å²) in [5, 5.41) is 24.3. The Bertz CT molecular complexity index is 614. The zero-order chi connectivity index (χ0) is 16.1. The van der Waals surface area contributed by atoms with Crippen LogP contribution in [0.25, 0.3) is 0 Å². The highest BCUT2D eigenvalue weighted by Gasteiger charge is 2.31. The molecule has 0 aromatic heterocycles. The second-order valence-electron chi connectivity index (χ2n) is 6.32. The SMILES string of the molecule is OC1c2ccccc2CCC(NCCCc2ccccc2)C1O. The van der Waals surface area contributed by atoms with E-state index in [9.17, 15) is 10.2 Å². The van der Waals surface area contributed by atoms with Gasteiger partial charge in [-0.2, -0.15) is 0 Å². The number of benzene rings is 2. The second-order valence-corrected chi connectivity index (χ2v) is 6.32. The van der Waals surface area contributed by atoms with Crippen molar-refractivity contribution in [3.8, 4) is 0 Å². The summed E-state index contributed by atoms with van der Waals surface area (Å²) in [6.45, 7) is 0.847. The number of fused-ring (bicyclic) bond motifs is 1. The van der Waals surface area contributed by atoms with Crippen molar-refractivity contribution < 1.29 is 10.2 Å². The van der Waals surface area contributed by atoms with Crippen LogP contribution < -0.4 is 5.32 Å². The molecule has 0 saturated heterocycles. The normalized spacial score (nSPS) is 24.0. The molecule has 3 heteroatoms. The Morgan fingerprint density at radius 1 is 0.957 bits per heavy atom. The summed E-state index contributed by atoms with van der Waals surface area (Å²) in [5.41, 5.74) is 3.35. The molecule has 3 N–H and O–H groups in total. The van der Waals surface area contributed by atoms with Crippen LogP contribution >= 0.6 is 0 Å². The molecule has 23 heavy (non-hydrogen) atoms. The summed E-state index contributed by atoms with van der Waals surface area (Å²) >= 11 is 0. The van der Waals surface area contributed by atoms with Gasteiger partial charge in [-0.25, -0.2) is 0 Å². The van der Waals surface area contributed by atoms with Crippen LogP contribution in [0, 0.1) is 0 Å². The minimum atomic E-state index is -0.805. The molecule has 3 nitrogen and oxygen atoms in total. The number of hydrogen-bond acceptors (Lipinski definition) is 3. The van der Waals surface area contributed by atoms with E-state index in [4.69, 9.17) is 0 Å². The fourth-order valence-corrected chi connectivity index (χ4v) is 3.38. The molecule has 2 aromatic carbocycles. The molecule has 0 spiro atoms. The van der Waals surface area contributed by atoms with Gasteiger partial charge in [-0.1, -0.05) is 54.6 Å². The van der Waals surface area contributed by atoms with Gasteiger partial charge in [-0.05, 0) is 48.9 Å². The van der Waals surface area contributed by atoms with E-state index < -0.39 is 12.2 Å². The zero-order valence-electron chi connectivity index (χ0n) is 13.4. The van der Waals surface area contributed by atoms with Crippen LogP contribution in [0.1, 0.15) is 35.6 Å². The summed E-state index contributed by atoms with van der Waals surface area (Å²) in [7, 11) is 0. The Morgan fingerprint density at radius 3 is 2.52 bits per heavy atom. The Labute approximate surface area is 138 Å². The second kappa shape index (κ2) is 7.73. The van der Waals surface area contributed by atoms with Crippen LogP contribution in [-0.4, -0.2) is 28.9 Å². The Hall–Kier alpha value is -1.68.